The topological polar surface area (TPSA) is 95.2 Å². The Hall–Kier alpha value is -2.56. The third-order valence-electron chi connectivity index (χ3n) is 7.67. The Balaban J connectivity index is 0.000000311. The third kappa shape index (κ3) is 7.57. The Morgan fingerprint density at radius 2 is 1.39 bits per heavy atom. The summed E-state index contributed by atoms with van der Waals surface area (Å²) in [6.07, 6.45) is 11.0. The molecule has 0 aliphatic heterocycles. The van der Waals surface area contributed by atoms with E-state index in [1.54, 1.807) is 0 Å². The molecule has 0 aromatic rings. The number of allylic oxidation sites excluding steroid dienone is 2. The molecule has 2 rings (SSSR count). The molecule has 2 aliphatic carbocycles. The molecule has 166 valence electrons. The van der Waals surface area contributed by atoms with Crippen molar-refractivity contribution in [2.24, 2.45) is 53.3 Å². The molecule has 0 aromatic carbocycles. The van der Waals surface area contributed by atoms with E-state index in [-0.39, 0.29) is 17.8 Å². The predicted molar refractivity (Wildman–Crippen MR) is 124 cm³/mol. The second-order valence-electron chi connectivity index (χ2n) is 9.48. The lowest BCUT2D eigenvalue weighted by molar-refractivity contribution is 0.159. The van der Waals surface area contributed by atoms with Gasteiger partial charge in [-0.1, -0.05) is 12.2 Å². The first kappa shape index (κ1) is 26.5. The number of hydrogen-bond acceptors (Lipinski definition) is 4. The summed E-state index contributed by atoms with van der Waals surface area (Å²) in [5, 5.41) is 35.7. The van der Waals surface area contributed by atoms with Crippen molar-refractivity contribution >= 4 is 0 Å². The fourth-order valence-corrected chi connectivity index (χ4v) is 5.43. The summed E-state index contributed by atoms with van der Waals surface area (Å²) in [6, 6.07) is 9.25. The summed E-state index contributed by atoms with van der Waals surface area (Å²) in [6.45, 7) is 13.6. The van der Waals surface area contributed by atoms with Crippen molar-refractivity contribution in [2.45, 2.75) is 65.7 Å². The lowest BCUT2D eigenvalue weighted by Crippen LogP contribution is -2.30. The molecule has 9 unspecified atom stereocenters. The van der Waals surface area contributed by atoms with E-state index in [0.29, 0.717) is 41.9 Å². The van der Waals surface area contributed by atoms with Gasteiger partial charge in [-0.15, -0.1) is 13.2 Å². The molecule has 0 saturated heterocycles. The van der Waals surface area contributed by atoms with Gasteiger partial charge in [-0.25, -0.2) is 0 Å². The van der Waals surface area contributed by atoms with Crippen LogP contribution in [0.2, 0.25) is 0 Å². The molecule has 0 heterocycles. The van der Waals surface area contributed by atoms with Gasteiger partial charge in [0.15, 0.2) is 0 Å². The van der Waals surface area contributed by atoms with Crippen LogP contribution in [0.5, 0.6) is 0 Å². The van der Waals surface area contributed by atoms with Crippen LogP contribution in [0.15, 0.2) is 25.3 Å². The lowest BCUT2D eigenvalue weighted by Gasteiger charge is -2.37. The quantitative estimate of drug-likeness (QED) is 0.443. The summed E-state index contributed by atoms with van der Waals surface area (Å²) in [5.41, 5.74) is 0. The van der Waals surface area contributed by atoms with Gasteiger partial charge < -0.3 is 0 Å². The van der Waals surface area contributed by atoms with Crippen molar-refractivity contribution in [3.63, 3.8) is 0 Å². The summed E-state index contributed by atoms with van der Waals surface area (Å²) in [5.74, 6) is 2.90. The number of nitrogens with zero attached hydrogens (tertiary/aromatic N) is 4. The molecule has 0 spiro atoms. The zero-order valence-electron chi connectivity index (χ0n) is 19.5. The fraction of sp³-hybridized carbons (Fsp3) is 0.704. The highest BCUT2D eigenvalue weighted by Gasteiger charge is 2.34. The van der Waals surface area contributed by atoms with Gasteiger partial charge in [0.1, 0.15) is 0 Å². The Kier molecular flexibility index (Phi) is 11.7. The first-order valence-corrected chi connectivity index (χ1v) is 11.7. The molecule has 2 fully saturated rings. The van der Waals surface area contributed by atoms with Crippen LogP contribution in [0.1, 0.15) is 65.7 Å². The van der Waals surface area contributed by atoms with Crippen molar-refractivity contribution in [1.82, 2.24) is 0 Å². The van der Waals surface area contributed by atoms with Gasteiger partial charge >= 0.3 is 0 Å². The zero-order valence-corrected chi connectivity index (χ0v) is 19.5. The van der Waals surface area contributed by atoms with Crippen molar-refractivity contribution in [1.29, 1.82) is 21.0 Å². The van der Waals surface area contributed by atoms with Crippen molar-refractivity contribution < 1.29 is 0 Å². The molecular weight excluding hydrogens is 380 g/mol. The maximum Gasteiger partial charge on any atom is 0.0656 e. The van der Waals surface area contributed by atoms with Crippen LogP contribution < -0.4 is 0 Å². The van der Waals surface area contributed by atoms with E-state index in [0.717, 1.165) is 38.5 Å². The summed E-state index contributed by atoms with van der Waals surface area (Å²) < 4.78 is 0. The first-order valence-electron chi connectivity index (χ1n) is 11.7. The molecular formula is C27H38N4. The van der Waals surface area contributed by atoms with Crippen LogP contribution in [0.4, 0.5) is 0 Å². The van der Waals surface area contributed by atoms with E-state index in [4.69, 9.17) is 21.0 Å². The van der Waals surface area contributed by atoms with Crippen molar-refractivity contribution in [3.8, 4) is 24.3 Å². The van der Waals surface area contributed by atoms with Crippen molar-refractivity contribution in [3.05, 3.63) is 25.3 Å². The van der Waals surface area contributed by atoms with Crippen LogP contribution >= 0.6 is 0 Å². The number of nitriles is 4. The average molecular weight is 419 g/mol. The van der Waals surface area contributed by atoms with Gasteiger partial charge in [-0.2, -0.15) is 21.0 Å². The maximum absolute atomic E-state index is 9.03. The van der Waals surface area contributed by atoms with Gasteiger partial charge in [0.25, 0.3) is 0 Å². The van der Waals surface area contributed by atoms with Gasteiger partial charge in [0.05, 0.1) is 24.3 Å². The van der Waals surface area contributed by atoms with Crippen LogP contribution in [0.25, 0.3) is 0 Å². The van der Waals surface area contributed by atoms with Crippen LogP contribution in [0, 0.1) is 98.6 Å². The minimum absolute atomic E-state index is 0.0664. The molecule has 31 heavy (non-hydrogen) atoms. The molecule has 0 N–H and O–H groups in total. The highest BCUT2D eigenvalue weighted by molar-refractivity contribution is 5.00. The maximum atomic E-state index is 9.03. The molecule has 9 atom stereocenters. The van der Waals surface area contributed by atoms with E-state index in [2.05, 4.69) is 37.4 Å². The Bertz CT molecular complexity index is 743. The van der Waals surface area contributed by atoms with E-state index in [1.165, 1.54) is 0 Å². The molecule has 0 radical (unpaired) electrons. The summed E-state index contributed by atoms with van der Waals surface area (Å²) in [7, 11) is 0. The molecule has 4 nitrogen and oxygen atoms in total. The molecule has 0 bridgehead atoms. The second-order valence-corrected chi connectivity index (χ2v) is 9.48. The molecule has 0 aromatic heterocycles. The Morgan fingerprint density at radius 1 is 0.774 bits per heavy atom. The Morgan fingerprint density at radius 3 is 1.90 bits per heavy atom. The highest BCUT2D eigenvalue weighted by atomic mass is 14.4. The van der Waals surface area contributed by atoms with Crippen molar-refractivity contribution in [2.75, 3.05) is 0 Å². The first-order chi connectivity index (χ1) is 14.9. The van der Waals surface area contributed by atoms with Gasteiger partial charge in [-0.3, -0.25) is 0 Å². The summed E-state index contributed by atoms with van der Waals surface area (Å²) in [4.78, 5) is 0. The minimum atomic E-state index is 0.0664. The van der Waals surface area contributed by atoms with Crippen LogP contribution in [0.3, 0.4) is 0 Å². The van der Waals surface area contributed by atoms with E-state index < -0.39 is 0 Å². The van der Waals surface area contributed by atoms with Gasteiger partial charge in [-0.05, 0) is 94.8 Å². The molecule has 0 amide bonds. The lowest BCUT2D eigenvalue weighted by atomic mass is 9.67. The predicted octanol–water partition coefficient (Wildman–Crippen LogP) is 6.80. The summed E-state index contributed by atoms with van der Waals surface area (Å²) >= 11 is 0. The largest absolute Gasteiger partial charge is 0.198 e. The minimum Gasteiger partial charge on any atom is -0.198 e. The van der Waals surface area contributed by atoms with Crippen LogP contribution in [-0.4, -0.2) is 0 Å². The number of hydrogen-bond donors (Lipinski definition) is 0. The second kappa shape index (κ2) is 13.7. The van der Waals surface area contributed by atoms with E-state index >= 15 is 0 Å². The van der Waals surface area contributed by atoms with Gasteiger partial charge in [0, 0.05) is 24.2 Å². The molecule has 2 saturated carbocycles. The Labute approximate surface area is 189 Å². The monoisotopic (exact) mass is 418 g/mol. The van der Waals surface area contributed by atoms with Gasteiger partial charge in [0.2, 0.25) is 0 Å². The van der Waals surface area contributed by atoms with E-state index in [1.807, 2.05) is 32.9 Å². The fourth-order valence-electron chi connectivity index (χ4n) is 5.43. The SMILES string of the molecule is C=CC1CCC(C(C)C#N)C(CC#N)C1.C=CC1CCC(C(C)C#N)CC1C(C)C#N. The number of rotatable bonds is 6. The average Bonchev–Trinajstić information content (AvgIpc) is 2.82. The van der Waals surface area contributed by atoms with E-state index in [9.17, 15) is 0 Å². The highest BCUT2D eigenvalue weighted by Crippen LogP contribution is 2.41. The molecule has 4 heteroatoms. The zero-order chi connectivity index (χ0) is 23.4. The third-order valence-corrected chi connectivity index (χ3v) is 7.67. The smallest absolute Gasteiger partial charge is 0.0656 e. The molecule has 2 aliphatic rings. The standard InChI is InChI=1S/C14H20N2.C13H18N2/c1-4-12-5-6-13(10(2)8-15)7-14(12)11(3)9-16;1-3-11-4-5-13(10(2)9-15)12(8-11)6-7-14/h4,10-14H,1,5-7H2,2-3H3;3,10-13H,1,4-6,8H2,2H3. The normalized spacial score (nSPS) is 32.7. The van der Waals surface area contributed by atoms with Crippen LogP contribution in [-0.2, 0) is 0 Å².